The van der Waals surface area contributed by atoms with Crippen molar-refractivity contribution in [3.8, 4) is 11.5 Å². The molecule has 0 spiro atoms. The number of aliphatic hydroxyl groups is 1. The molecule has 0 radical (unpaired) electrons. The Balaban J connectivity index is 2.79. The number of rotatable bonds is 4. The number of ether oxygens (including phenoxy) is 1. The molecule has 76 valence electrons. The molecule has 4 nitrogen and oxygen atoms in total. The largest absolute Gasteiger partial charge is 0.504 e. The summed E-state index contributed by atoms with van der Waals surface area (Å²) >= 11 is 0. The van der Waals surface area contributed by atoms with Crippen LogP contribution in [0.4, 0.5) is 0 Å². The van der Waals surface area contributed by atoms with Gasteiger partial charge in [0.25, 0.3) is 0 Å². The summed E-state index contributed by atoms with van der Waals surface area (Å²) in [6, 6.07) is 4.94. The molecule has 1 aromatic carbocycles. The highest BCUT2D eigenvalue weighted by Crippen LogP contribution is 2.25. The van der Waals surface area contributed by atoms with Gasteiger partial charge in [0.1, 0.15) is 0 Å². The summed E-state index contributed by atoms with van der Waals surface area (Å²) < 4.78 is 4.93. The second-order valence-corrected chi connectivity index (χ2v) is 2.69. The van der Waals surface area contributed by atoms with Gasteiger partial charge in [-0.2, -0.15) is 0 Å². The molecule has 0 aromatic heterocycles. The quantitative estimate of drug-likeness (QED) is 0.699. The molecule has 1 rings (SSSR count). The lowest BCUT2D eigenvalue weighted by molar-refractivity contribution is 0.307. The number of aromatic hydroxyl groups is 1. The SMILES string of the molecule is COc1cc(C=NCCO)ccc1O. The number of aliphatic hydroxyl groups excluding tert-OH is 1. The highest BCUT2D eigenvalue weighted by molar-refractivity contribution is 5.80. The number of aliphatic imine (C=N–C) groups is 1. The fourth-order valence-corrected chi connectivity index (χ4v) is 1.00. The molecular weight excluding hydrogens is 182 g/mol. The Morgan fingerprint density at radius 3 is 2.93 bits per heavy atom. The van der Waals surface area contributed by atoms with E-state index in [9.17, 15) is 5.11 Å². The summed E-state index contributed by atoms with van der Waals surface area (Å²) in [6.45, 7) is 0.412. The minimum absolute atomic E-state index is 0.0335. The summed E-state index contributed by atoms with van der Waals surface area (Å²) in [6.07, 6.45) is 1.62. The van der Waals surface area contributed by atoms with Crippen molar-refractivity contribution in [2.24, 2.45) is 4.99 Å². The fraction of sp³-hybridized carbons (Fsp3) is 0.300. The van der Waals surface area contributed by atoms with E-state index in [1.165, 1.54) is 7.11 Å². The zero-order chi connectivity index (χ0) is 10.4. The molecule has 0 aliphatic rings. The normalized spacial score (nSPS) is 10.7. The van der Waals surface area contributed by atoms with E-state index in [1.54, 1.807) is 24.4 Å². The van der Waals surface area contributed by atoms with Crippen LogP contribution in [0.5, 0.6) is 11.5 Å². The summed E-state index contributed by atoms with van der Waals surface area (Å²) in [4.78, 5) is 3.95. The van der Waals surface area contributed by atoms with Gasteiger partial charge in [0.2, 0.25) is 0 Å². The predicted octanol–water partition coefficient (Wildman–Crippen LogP) is 0.812. The highest BCUT2D eigenvalue weighted by atomic mass is 16.5. The maximum atomic E-state index is 9.30. The Morgan fingerprint density at radius 2 is 2.29 bits per heavy atom. The molecule has 4 heteroatoms. The Labute approximate surface area is 82.5 Å². The average molecular weight is 195 g/mol. The molecule has 14 heavy (non-hydrogen) atoms. The lowest BCUT2D eigenvalue weighted by atomic mass is 10.2. The first-order valence-electron chi connectivity index (χ1n) is 4.25. The fourth-order valence-electron chi connectivity index (χ4n) is 1.00. The molecule has 0 heterocycles. The first-order valence-corrected chi connectivity index (χ1v) is 4.25. The Morgan fingerprint density at radius 1 is 1.50 bits per heavy atom. The smallest absolute Gasteiger partial charge is 0.161 e. The Bertz CT molecular complexity index is 323. The van der Waals surface area contributed by atoms with Gasteiger partial charge < -0.3 is 14.9 Å². The third-order valence-electron chi connectivity index (χ3n) is 1.67. The van der Waals surface area contributed by atoms with Gasteiger partial charge in [-0.3, -0.25) is 4.99 Å². The highest BCUT2D eigenvalue weighted by Gasteiger charge is 2.00. The number of phenols is 1. The van der Waals surface area contributed by atoms with Crippen LogP contribution in [0.3, 0.4) is 0 Å². The van der Waals surface area contributed by atoms with Crippen LogP contribution in [0.1, 0.15) is 5.56 Å². The van der Waals surface area contributed by atoms with Crippen molar-refractivity contribution >= 4 is 6.21 Å². The monoisotopic (exact) mass is 195 g/mol. The van der Waals surface area contributed by atoms with Crippen LogP contribution in [-0.2, 0) is 0 Å². The summed E-state index contributed by atoms with van der Waals surface area (Å²) in [5.41, 5.74) is 0.827. The van der Waals surface area contributed by atoms with Crippen LogP contribution in [-0.4, -0.2) is 36.7 Å². The number of nitrogens with zero attached hydrogens (tertiary/aromatic N) is 1. The molecule has 0 saturated carbocycles. The van der Waals surface area contributed by atoms with Crippen molar-refractivity contribution in [1.29, 1.82) is 0 Å². The standard InChI is InChI=1S/C10H13NO3/c1-14-10-6-8(2-3-9(10)13)7-11-4-5-12/h2-3,6-7,12-13H,4-5H2,1H3. The number of methoxy groups -OCH3 is 1. The van der Waals surface area contributed by atoms with Gasteiger partial charge in [0, 0.05) is 6.21 Å². The first-order chi connectivity index (χ1) is 6.77. The van der Waals surface area contributed by atoms with E-state index in [4.69, 9.17) is 9.84 Å². The number of hydrogen-bond acceptors (Lipinski definition) is 4. The summed E-state index contributed by atoms with van der Waals surface area (Å²) in [5.74, 6) is 0.518. The van der Waals surface area contributed by atoms with Crippen LogP contribution < -0.4 is 4.74 Å². The van der Waals surface area contributed by atoms with E-state index in [0.29, 0.717) is 12.3 Å². The number of phenolic OH excluding ortho intramolecular Hbond substituents is 1. The van der Waals surface area contributed by atoms with Crippen molar-refractivity contribution in [2.45, 2.75) is 0 Å². The van der Waals surface area contributed by atoms with E-state index in [0.717, 1.165) is 5.56 Å². The number of hydrogen-bond donors (Lipinski definition) is 2. The predicted molar refractivity (Wildman–Crippen MR) is 54.2 cm³/mol. The van der Waals surface area contributed by atoms with Crippen LogP contribution in [0.25, 0.3) is 0 Å². The molecule has 2 N–H and O–H groups in total. The number of benzene rings is 1. The van der Waals surface area contributed by atoms with Gasteiger partial charge in [0.15, 0.2) is 11.5 Å². The van der Waals surface area contributed by atoms with Crippen LogP contribution in [0, 0.1) is 0 Å². The van der Waals surface area contributed by atoms with Crippen LogP contribution >= 0.6 is 0 Å². The van der Waals surface area contributed by atoms with Crippen LogP contribution in [0.15, 0.2) is 23.2 Å². The first kappa shape index (κ1) is 10.5. The molecule has 0 unspecified atom stereocenters. The van der Waals surface area contributed by atoms with Crippen molar-refractivity contribution < 1.29 is 14.9 Å². The maximum absolute atomic E-state index is 9.30. The Kier molecular flexibility index (Phi) is 3.94. The van der Waals surface area contributed by atoms with Gasteiger partial charge in [0.05, 0.1) is 20.3 Å². The second kappa shape index (κ2) is 5.24. The topological polar surface area (TPSA) is 62.0 Å². The summed E-state index contributed by atoms with van der Waals surface area (Å²) in [5, 5.41) is 17.8. The minimum atomic E-state index is 0.0335. The zero-order valence-corrected chi connectivity index (χ0v) is 7.97. The molecule has 0 atom stereocenters. The zero-order valence-electron chi connectivity index (χ0n) is 7.97. The minimum Gasteiger partial charge on any atom is -0.504 e. The van der Waals surface area contributed by atoms with Crippen molar-refractivity contribution in [1.82, 2.24) is 0 Å². The van der Waals surface area contributed by atoms with E-state index in [2.05, 4.69) is 4.99 Å². The van der Waals surface area contributed by atoms with E-state index in [-0.39, 0.29) is 12.4 Å². The average Bonchev–Trinajstić information content (AvgIpc) is 2.21. The van der Waals surface area contributed by atoms with Crippen LogP contribution in [0.2, 0.25) is 0 Å². The van der Waals surface area contributed by atoms with E-state index in [1.807, 2.05) is 0 Å². The maximum Gasteiger partial charge on any atom is 0.161 e. The third kappa shape index (κ3) is 2.74. The van der Waals surface area contributed by atoms with E-state index < -0.39 is 0 Å². The molecule has 0 aliphatic heterocycles. The Hall–Kier alpha value is -1.55. The summed E-state index contributed by atoms with van der Waals surface area (Å²) in [7, 11) is 1.49. The van der Waals surface area contributed by atoms with Crippen molar-refractivity contribution in [2.75, 3.05) is 20.3 Å². The van der Waals surface area contributed by atoms with Gasteiger partial charge >= 0.3 is 0 Å². The molecule has 0 saturated heterocycles. The lowest BCUT2D eigenvalue weighted by Crippen LogP contribution is -1.90. The van der Waals surface area contributed by atoms with Gasteiger partial charge in [-0.1, -0.05) is 0 Å². The third-order valence-corrected chi connectivity index (χ3v) is 1.67. The second-order valence-electron chi connectivity index (χ2n) is 2.69. The van der Waals surface area contributed by atoms with Crippen molar-refractivity contribution in [3.05, 3.63) is 23.8 Å². The van der Waals surface area contributed by atoms with Crippen molar-refractivity contribution in [3.63, 3.8) is 0 Å². The van der Waals surface area contributed by atoms with Gasteiger partial charge in [-0.05, 0) is 23.8 Å². The molecule has 0 amide bonds. The molecule has 0 bridgehead atoms. The molecule has 0 fully saturated rings. The molecule has 0 aliphatic carbocycles. The molecular formula is C10H13NO3. The van der Waals surface area contributed by atoms with Gasteiger partial charge in [-0.15, -0.1) is 0 Å². The lowest BCUT2D eigenvalue weighted by Gasteiger charge is -2.03. The molecule has 1 aromatic rings. The van der Waals surface area contributed by atoms with E-state index >= 15 is 0 Å². The van der Waals surface area contributed by atoms with Gasteiger partial charge in [-0.25, -0.2) is 0 Å².